The molecule has 1 heterocycles. The van der Waals surface area contributed by atoms with Crippen LogP contribution in [0.25, 0.3) is 0 Å². The van der Waals surface area contributed by atoms with Gasteiger partial charge in [-0.1, -0.05) is 50.5 Å². The molecule has 1 aromatic rings. The summed E-state index contributed by atoms with van der Waals surface area (Å²) in [4.78, 5) is 2.15. The fourth-order valence-corrected chi connectivity index (χ4v) is 4.51. The van der Waals surface area contributed by atoms with Crippen molar-refractivity contribution >= 4 is 0 Å². The first-order valence-electron chi connectivity index (χ1n) is 11.1. The Labute approximate surface area is 175 Å². The highest BCUT2D eigenvalue weighted by atomic mass is 16.5. The van der Waals surface area contributed by atoms with Crippen molar-refractivity contribution in [2.24, 2.45) is 5.92 Å². The first-order chi connectivity index (χ1) is 14.0. The van der Waals surface area contributed by atoms with Crippen molar-refractivity contribution in [1.29, 1.82) is 0 Å². The van der Waals surface area contributed by atoms with Crippen molar-refractivity contribution < 1.29 is 19.7 Å². The number of ether oxygens (including phenoxy) is 2. The molecule has 0 bridgehead atoms. The number of benzene rings is 1. The van der Waals surface area contributed by atoms with Crippen molar-refractivity contribution in [2.45, 2.75) is 69.7 Å². The van der Waals surface area contributed by atoms with Crippen molar-refractivity contribution in [3.8, 4) is 11.5 Å². The van der Waals surface area contributed by atoms with Crippen molar-refractivity contribution in [3.63, 3.8) is 0 Å². The van der Waals surface area contributed by atoms with Crippen LogP contribution in [0.15, 0.2) is 30.4 Å². The van der Waals surface area contributed by atoms with Gasteiger partial charge in [-0.15, -0.1) is 0 Å². The molecular formula is C24H37NO4. The van der Waals surface area contributed by atoms with Gasteiger partial charge in [0.25, 0.3) is 0 Å². The molecule has 0 saturated heterocycles. The first kappa shape index (κ1) is 22.1. The Morgan fingerprint density at radius 1 is 1.28 bits per heavy atom. The minimum absolute atomic E-state index is 0.0293. The summed E-state index contributed by atoms with van der Waals surface area (Å²) in [6.45, 7) is 3.80. The summed E-state index contributed by atoms with van der Waals surface area (Å²) < 4.78 is 12.2. The fraction of sp³-hybridized carbons (Fsp3) is 0.667. The molecule has 1 aliphatic heterocycles. The summed E-state index contributed by atoms with van der Waals surface area (Å²) in [7, 11) is 4.12. The molecular weight excluding hydrogens is 366 g/mol. The van der Waals surface area contributed by atoms with Crippen LogP contribution in [0.5, 0.6) is 11.5 Å². The van der Waals surface area contributed by atoms with Gasteiger partial charge in [-0.3, -0.25) is 0 Å². The van der Waals surface area contributed by atoms with E-state index in [-0.39, 0.29) is 17.9 Å². The summed E-state index contributed by atoms with van der Waals surface area (Å²) in [5, 5.41) is 20.8. The summed E-state index contributed by atoms with van der Waals surface area (Å²) in [6, 6.07) is 6.06. The number of para-hydroxylation sites is 1. The van der Waals surface area contributed by atoms with Gasteiger partial charge in [0, 0.05) is 30.4 Å². The van der Waals surface area contributed by atoms with E-state index in [1.807, 2.05) is 24.3 Å². The van der Waals surface area contributed by atoms with Crippen LogP contribution >= 0.6 is 0 Å². The van der Waals surface area contributed by atoms with Gasteiger partial charge in [0.2, 0.25) is 0 Å². The third kappa shape index (κ3) is 5.53. The molecule has 3 rings (SSSR count). The van der Waals surface area contributed by atoms with Crippen LogP contribution in [0, 0.1) is 5.92 Å². The van der Waals surface area contributed by atoms with E-state index >= 15 is 0 Å². The number of unbranched alkanes of at least 4 members (excludes halogenated alkanes) is 2. The Kier molecular flexibility index (Phi) is 7.99. The van der Waals surface area contributed by atoms with Crippen LogP contribution in [0.1, 0.15) is 56.9 Å². The Bertz CT molecular complexity index is 675. The number of aliphatic hydroxyl groups excluding tert-OH is 2. The number of aliphatic hydroxyl groups is 2. The van der Waals surface area contributed by atoms with Gasteiger partial charge >= 0.3 is 0 Å². The maximum absolute atomic E-state index is 10.6. The van der Waals surface area contributed by atoms with Crippen molar-refractivity contribution in [2.75, 3.05) is 27.2 Å². The van der Waals surface area contributed by atoms with Crippen LogP contribution in [0.2, 0.25) is 0 Å². The molecule has 1 fully saturated rings. The van der Waals surface area contributed by atoms with E-state index in [0.717, 1.165) is 55.7 Å². The van der Waals surface area contributed by atoms with Crippen LogP contribution in [-0.4, -0.2) is 60.7 Å². The number of hydrogen-bond acceptors (Lipinski definition) is 5. The molecule has 0 aromatic heterocycles. The summed E-state index contributed by atoms with van der Waals surface area (Å²) >= 11 is 0. The molecule has 5 atom stereocenters. The van der Waals surface area contributed by atoms with Gasteiger partial charge in [-0.05, 0) is 33.0 Å². The highest BCUT2D eigenvalue weighted by molar-refractivity contribution is 5.53. The van der Waals surface area contributed by atoms with Crippen LogP contribution < -0.4 is 9.47 Å². The lowest BCUT2D eigenvalue weighted by Gasteiger charge is -2.18. The second-order valence-electron chi connectivity index (χ2n) is 8.69. The highest BCUT2D eigenvalue weighted by Gasteiger charge is 2.49. The molecule has 162 valence electrons. The van der Waals surface area contributed by atoms with Gasteiger partial charge in [0.15, 0.2) is 11.5 Å². The summed E-state index contributed by atoms with van der Waals surface area (Å²) in [6.07, 6.45) is 8.63. The number of hydrogen-bond donors (Lipinski definition) is 2. The third-order valence-electron chi connectivity index (χ3n) is 6.04. The zero-order valence-corrected chi connectivity index (χ0v) is 18.1. The van der Waals surface area contributed by atoms with E-state index in [2.05, 4.69) is 32.0 Å². The van der Waals surface area contributed by atoms with Gasteiger partial charge in [-0.25, -0.2) is 0 Å². The molecule has 1 saturated carbocycles. The zero-order chi connectivity index (χ0) is 20.8. The van der Waals surface area contributed by atoms with E-state index in [9.17, 15) is 10.2 Å². The first-order valence-corrected chi connectivity index (χ1v) is 11.1. The fourth-order valence-electron chi connectivity index (χ4n) is 4.51. The molecule has 2 aliphatic rings. The highest BCUT2D eigenvalue weighted by Crippen LogP contribution is 2.53. The Hall–Kier alpha value is -1.56. The average molecular weight is 404 g/mol. The number of nitrogens with zero attached hydrogens (tertiary/aromatic N) is 1. The average Bonchev–Trinajstić information content (AvgIpc) is 3.19. The smallest absolute Gasteiger partial charge is 0.165 e. The standard InChI is InChI=1S/C24H37NO4/c1-4-5-6-9-17(26)12-13-18-20(27)16-22-23(18)19-10-7-11-21(24(19)29-22)28-15-8-14-25(2)3/h7,10-13,17-18,20,22-23,26-27H,4-6,8-9,14-16H2,1-3H3/b13-12+/t17-,18-,20+,22-,23-/m0/s1. The predicted molar refractivity (Wildman–Crippen MR) is 116 cm³/mol. The molecule has 0 amide bonds. The topological polar surface area (TPSA) is 62.2 Å². The number of rotatable bonds is 11. The lowest BCUT2D eigenvalue weighted by atomic mass is 9.87. The summed E-state index contributed by atoms with van der Waals surface area (Å²) in [5.41, 5.74) is 1.12. The van der Waals surface area contributed by atoms with Gasteiger partial charge < -0.3 is 24.6 Å². The monoisotopic (exact) mass is 403 g/mol. The largest absolute Gasteiger partial charge is 0.490 e. The molecule has 5 nitrogen and oxygen atoms in total. The van der Waals surface area contributed by atoms with E-state index in [4.69, 9.17) is 9.47 Å². The van der Waals surface area contributed by atoms with Crippen LogP contribution in [-0.2, 0) is 0 Å². The van der Waals surface area contributed by atoms with Gasteiger partial charge in [-0.2, -0.15) is 0 Å². The normalized spacial score (nSPS) is 26.6. The van der Waals surface area contributed by atoms with Gasteiger partial charge in [0.1, 0.15) is 6.10 Å². The van der Waals surface area contributed by atoms with Crippen LogP contribution in [0.4, 0.5) is 0 Å². The molecule has 2 N–H and O–H groups in total. The van der Waals surface area contributed by atoms with E-state index < -0.39 is 12.2 Å². The van der Waals surface area contributed by atoms with Crippen molar-refractivity contribution in [1.82, 2.24) is 4.90 Å². The Morgan fingerprint density at radius 3 is 2.86 bits per heavy atom. The Morgan fingerprint density at radius 2 is 2.10 bits per heavy atom. The van der Waals surface area contributed by atoms with Crippen LogP contribution in [0.3, 0.4) is 0 Å². The molecule has 29 heavy (non-hydrogen) atoms. The predicted octanol–water partition coefficient (Wildman–Crippen LogP) is 3.74. The zero-order valence-electron chi connectivity index (χ0n) is 18.1. The molecule has 5 heteroatoms. The molecule has 0 unspecified atom stereocenters. The number of fused-ring (bicyclic) bond motifs is 3. The van der Waals surface area contributed by atoms with E-state index in [0.29, 0.717) is 13.0 Å². The molecule has 1 aromatic carbocycles. The third-order valence-corrected chi connectivity index (χ3v) is 6.04. The maximum atomic E-state index is 10.6. The minimum Gasteiger partial charge on any atom is -0.490 e. The molecule has 0 spiro atoms. The summed E-state index contributed by atoms with van der Waals surface area (Å²) in [5.74, 6) is 1.71. The Balaban J connectivity index is 1.66. The lowest BCUT2D eigenvalue weighted by Crippen LogP contribution is -2.17. The van der Waals surface area contributed by atoms with Crippen molar-refractivity contribution in [3.05, 3.63) is 35.9 Å². The SMILES string of the molecule is CCCCC[C@H](O)/C=C/[C@@H]1[C@H]2c3cccc(OCCCN(C)C)c3O[C@H]2C[C@H]1O. The molecule has 1 aliphatic carbocycles. The lowest BCUT2D eigenvalue weighted by molar-refractivity contribution is 0.134. The maximum Gasteiger partial charge on any atom is 0.165 e. The second kappa shape index (κ2) is 10.5. The van der Waals surface area contributed by atoms with E-state index in [1.54, 1.807) is 0 Å². The second-order valence-corrected chi connectivity index (χ2v) is 8.69. The van der Waals surface area contributed by atoms with E-state index in [1.165, 1.54) is 0 Å². The molecule has 0 radical (unpaired) electrons. The quantitative estimate of drug-likeness (QED) is 0.435. The minimum atomic E-state index is -0.444. The van der Waals surface area contributed by atoms with Gasteiger partial charge in [0.05, 0.1) is 18.8 Å².